The van der Waals surface area contributed by atoms with Gasteiger partial charge in [0.05, 0.1) is 5.69 Å². The Kier molecular flexibility index (Phi) is 4.16. The van der Waals surface area contributed by atoms with Gasteiger partial charge in [0.1, 0.15) is 0 Å². The molecule has 0 fully saturated rings. The van der Waals surface area contributed by atoms with Gasteiger partial charge in [-0.15, -0.1) is 11.3 Å². The van der Waals surface area contributed by atoms with Gasteiger partial charge in [0.2, 0.25) is 0 Å². The van der Waals surface area contributed by atoms with E-state index in [1.807, 2.05) is 24.3 Å². The first kappa shape index (κ1) is 14.4. The third-order valence-electron chi connectivity index (χ3n) is 2.83. The molecule has 102 valence electrons. The number of pyridine rings is 1. The SMILES string of the molecule is Cc1cnc(Cl)c(NCc2ccc(C(C)(C)C)s2)c1. The fraction of sp³-hybridized carbons (Fsp3) is 0.400. The number of nitrogens with one attached hydrogen (secondary N) is 1. The van der Waals surface area contributed by atoms with Gasteiger partial charge in [0.15, 0.2) is 5.15 Å². The number of rotatable bonds is 3. The Morgan fingerprint density at radius 3 is 2.68 bits per heavy atom. The molecule has 19 heavy (non-hydrogen) atoms. The van der Waals surface area contributed by atoms with Crippen molar-refractivity contribution in [2.24, 2.45) is 0 Å². The number of thiophene rings is 1. The molecule has 0 spiro atoms. The van der Waals surface area contributed by atoms with Crippen LogP contribution in [0.1, 0.15) is 36.1 Å². The molecule has 2 heterocycles. The van der Waals surface area contributed by atoms with E-state index in [0.717, 1.165) is 17.8 Å². The molecule has 0 bridgehead atoms. The Labute approximate surface area is 123 Å². The zero-order chi connectivity index (χ0) is 14.0. The van der Waals surface area contributed by atoms with Gasteiger partial charge in [-0.1, -0.05) is 32.4 Å². The van der Waals surface area contributed by atoms with Crippen molar-refractivity contribution in [2.45, 2.75) is 39.7 Å². The molecule has 1 N–H and O–H groups in total. The maximum Gasteiger partial charge on any atom is 0.152 e. The highest BCUT2D eigenvalue weighted by atomic mass is 35.5. The van der Waals surface area contributed by atoms with Crippen molar-refractivity contribution < 1.29 is 0 Å². The summed E-state index contributed by atoms with van der Waals surface area (Å²) in [6, 6.07) is 6.40. The Morgan fingerprint density at radius 1 is 1.32 bits per heavy atom. The number of hydrogen-bond donors (Lipinski definition) is 1. The van der Waals surface area contributed by atoms with E-state index < -0.39 is 0 Å². The van der Waals surface area contributed by atoms with Gasteiger partial charge in [0, 0.05) is 22.5 Å². The van der Waals surface area contributed by atoms with Crippen LogP contribution in [-0.4, -0.2) is 4.98 Å². The Hall–Kier alpha value is -1.06. The number of nitrogens with zero attached hydrogens (tertiary/aromatic N) is 1. The largest absolute Gasteiger partial charge is 0.378 e. The molecule has 0 amide bonds. The fourth-order valence-corrected chi connectivity index (χ4v) is 2.91. The van der Waals surface area contributed by atoms with Crippen LogP contribution in [0.2, 0.25) is 5.15 Å². The van der Waals surface area contributed by atoms with E-state index >= 15 is 0 Å². The van der Waals surface area contributed by atoms with Crippen molar-refractivity contribution in [1.29, 1.82) is 0 Å². The molecule has 0 aliphatic rings. The van der Waals surface area contributed by atoms with Crippen LogP contribution in [0.25, 0.3) is 0 Å². The smallest absolute Gasteiger partial charge is 0.152 e. The second-order valence-electron chi connectivity index (χ2n) is 5.72. The molecule has 2 nitrogen and oxygen atoms in total. The summed E-state index contributed by atoms with van der Waals surface area (Å²) in [5, 5.41) is 3.88. The predicted molar refractivity (Wildman–Crippen MR) is 84.3 cm³/mol. The van der Waals surface area contributed by atoms with E-state index in [4.69, 9.17) is 11.6 Å². The fourth-order valence-electron chi connectivity index (χ4n) is 1.73. The number of hydrogen-bond acceptors (Lipinski definition) is 3. The third kappa shape index (κ3) is 3.71. The minimum atomic E-state index is 0.214. The van der Waals surface area contributed by atoms with Crippen LogP contribution in [0.4, 0.5) is 5.69 Å². The van der Waals surface area contributed by atoms with Gasteiger partial charge in [-0.25, -0.2) is 4.98 Å². The lowest BCUT2D eigenvalue weighted by molar-refractivity contribution is 0.604. The summed E-state index contributed by atoms with van der Waals surface area (Å²) in [5.41, 5.74) is 2.21. The molecule has 0 aromatic carbocycles. The van der Waals surface area contributed by atoms with Crippen LogP contribution in [0, 0.1) is 6.92 Å². The minimum Gasteiger partial charge on any atom is -0.378 e. The number of aryl methyl sites for hydroxylation is 1. The lowest BCUT2D eigenvalue weighted by atomic mass is 9.95. The highest BCUT2D eigenvalue weighted by Crippen LogP contribution is 2.30. The normalized spacial score (nSPS) is 11.6. The van der Waals surface area contributed by atoms with Crippen LogP contribution < -0.4 is 5.32 Å². The van der Waals surface area contributed by atoms with Crippen molar-refractivity contribution in [3.63, 3.8) is 0 Å². The average Bonchev–Trinajstić information content (AvgIpc) is 2.79. The molecule has 2 aromatic heterocycles. The van der Waals surface area contributed by atoms with Gasteiger partial charge in [-0.2, -0.15) is 0 Å². The van der Waals surface area contributed by atoms with E-state index in [2.05, 4.69) is 43.2 Å². The standard InChI is InChI=1S/C15H19ClN2S/c1-10-7-12(14(16)18-8-10)17-9-11-5-6-13(19-11)15(2,3)4/h5-8,17H,9H2,1-4H3. The van der Waals surface area contributed by atoms with Crippen LogP contribution >= 0.6 is 22.9 Å². The molecular formula is C15H19ClN2S. The van der Waals surface area contributed by atoms with Crippen molar-refractivity contribution >= 4 is 28.6 Å². The molecule has 0 saturated carbocycles. The summed E-state index contributed by atoms with van der Waals surface area (Å²) in [6.07, 6.45) is 1.77. The van der Waals surface area contributed by atoms with E-state index in [-0.39, 0.29) is 5.41 Å². The monoisotopic (exact) mass is 294 g/mol. The molecular weight excluding hydrogens is 276 g/mol. The zero-order valence-electron chi connectivity index (χ0n) is 11.7. The topological polar surface area (TPSA) is 24.9 Å². The van der Waals surface area contributed by atoms with Gasteiger partial charge >= 0.3 is 0 Å². The summed E-state index contributed by atoms with van der Waals surface area (Å²) < 4.78 is 0. The van der Waals surface area contributed by atoms with Gasteiger partial charge < -0.3 is 5.32 Å². The highest BCUT2D eigenvalue weighted by Gasteiger charge is 2.15. The average molecular weight is 295 g/mol. The lowest BCUT2D eigenvalue weighted by Crippen LogP contribution is -2.07. The predicted octanol–water partition coefficient (Wildman–Crippen LogP) is 5.01. The molecule has 2 rings (SSSR count). The quantitative estimate of drug-likeness (QED) is 0.805. The van der Waals surface area contributed by atoms with Crippen molar-refractivity contribution in [2.75, 3.05) is 5.32 Å². The first-order valence-electron chi connectivity index (χ1n) is 6.31. The Morgan fingerprint density at radius 2 is 2.05 bits per heavy atom. The summed E-state index contributed by atoms with van der Waals surface area (Å²) in [6.45, 7) is 9.50. The second kappa shape index (κ2) is 5.51. The maximum absolute atomic E-state index is 6.07. The highest BCUT2D eigenvalue weighted by molar-refractivity contribution is 7.12. The van der Waals surface area contributed by atoms with E-state index in [1.54, 1.807) is 6.20 Å². The first-order valence-corrected chi connectivity index (χ1v) is 7.51. The molecule has 0 aliphatic heterocycles. The second-order valence-corrected chi connectivity index (χ2v) is 7.25. The summed E-state index contributed by atoms with van der Waals surface area (Å²) in [4.78, 5) is 6.85. The third-order valence-corrected chi connectivity index (χ3v) is 4.64. The van der Waals surface area contributed by atoms with Crippen molar-refractivity contribution in [3.8, 4) is 0 Å². The Balaban J connectivity index is 2.06. The van der Waals surface area contributed by atoms with Crippen LogP contribution in [0.5, 0.6) is 0 Å². The lowest BCUT2D eigenvalue weighted by Gasteiger charge is -2.15. The molecule has 0 unspecified atom stereocenters. The van der Waals surface area contributed by atoms with E-state index in [0.29, 0.717) is 5.15 Å². The molecule has 2 aromatic rings. The summed E-state index contributed by atoms with van der Waals surface area (Å²) in [5.74, 6) is 0. The minimum absolute atomic E-state index is 0.214. The maximum atomic E-state index is 6.07. The van der Waals surface area contributed by atoms with E-state index in [1.165, 1.54) is 9.75 Å². The van der Waals surface area contributed by atoms with Gasteiger partial charge in [-0.05, 0) is 36.1 Å². The van der Waals surface area contributed by atoms with Crippen LogP contribution in [0.15, 0.2) is 24.4 Å². The molecule has 0 saturated heterocycles. The number of anilines is 1. The zero-order valence-corrected chi connectivity index (χ0v) is 13.3. The number of aromatic nitrogens is 1. The molecule has 0 atom stereocenters. The molecule has 4 heteroatoms. The Bertz CT molecular complexity index is 570. The van der Waals surface area contributed by atoms with Gasteiger partial charge in [-0.3, -0.25) is 0 Å². The number of halogens is 1. The summed E-state index contributed by atoms with van der Waals surface area (Å²) in [7, 11) is 0. The van der Waals surface area contributed by atoms with Gasteiger partial charge in [0.25, 0.3) is 0 Å². The molecule has 0 radical (unpaired) electrons. The van der Waals surface area contributed by atoms with Crippen LogP contribution in [-0.2, 0) is 12.0 Å². The molecule has 0 aliphatic carbocycles. The van der Waals surface area contributed by atoms with E-state index in [9.17, 15) is 0 Å². The van der Waals surface area contributed by atoms with Crippen LogP contribution in [0.3, 0.4) is 0 Å². The van der Waals surface area contributed by atoms with Crippen molar-refractivity contribution in [3.05, 3.63) is 44.9 Å². The summed E-state index contributed by atoms with van der Waals surface area (Å²) >= 11 is 7.91. The first-order chi connectivity index (χ1) is 8.86. The van der Waals surface area contributed by atoms with Crippen molar-refractivity contribution in [1.82, 2.24) is 4.98 Å².